The van der Waals surface area contributed by atoms with Crippen LogP contribution in [0.25, 0.3) is 5.65 Å². The Bertz CT molecular complexity index is 722. The molecule has 6 nitrogen and oxygen atoms in total. The fourth-order valence-corrected chi connectivity index (χ4v) is 3.13. The molecule has 1 amide bonds. The van der Waals surface area contributed by atoms with Crippen LogP contribution >= 0.6 is 11.6 Å². The van der Waals surface area contributed by atoms with E-state index in [1.807, 2.05) is 33.0 Å². The van der Waals surface area contributed by atoms with Gasteiger partial charge in [-0.25, -0.2) is 14.3 Å². The Balaban J connectivity index is 1.78. The molecule has 0 N–H and O–H groups in total. The van der Waals surface area contributed by atoms with Gasteiger partial charge in [-0.3, -0.25) is 0 Å². The number of carbonyl (C=O) groups excluding carboxylic acids is 1. The first-order valence-electron chi connectivity index (χ1n) is 7.80. The van der Waals surface area contributed by atoms with Crippen molar-refractivity contribution < 1.29 is 9.53 Å². The molecular weight excluding hydrogens is 316 g/mol. The summed E-state index contributed by atoms with van der Waals surface area (Å²) in [6, 6.07) is 1.93. The molecule has 2 aromatic rings. The summed E-state index contributed by atoms with van der Waals surface area (Å²) >= 11 is 6.28. The maximum atomic E-state index is 12.3. The smallest absolute Gasteiger partial charge is 0.410 e. The van der Waals surface area contributed by atoms with E-state index in [4.69, 9.17) is 16.3 Å². The van der Waals surface area contributed by atoms with Crippen molar-refractivity contribution in [3.05, 3.63) is 29.2 Å². The summed E-state index contributed by atoms with van der Waals surface area (Å²) in [4.78, 5) is 18.2. The van der Waals surface area contributed by atoms with Gasteiger partial charge in [-0.1, -0.05) is 11.6 Å². The third-order valence-electron chi connectivity index (χ3n) is 3.90. The van der Waals surface area contributed by atoms with Crippen LogP contribution in [-0.2, 0) is 4.74 Å². The van der Waals surface area contributed by atoms with Crippen LogP contribution in [0.2, 0.25) is 5.02 Å². The van der Waals surface area contributed by atoms with E-state index in [1.165, 1.54) is 6.33 Å². The number of carbonyl (C=O) groups is 1. The van der Waals surface area contributed by atoms with E-state index in [1.54, 1.807) is 9.42 Å². The molecular formula is C16H21ClN4O2. The highest BCUT2D eigenvalue weighted by molar-refractivity contribution is 6.33. The maximum Gasteiger partial charge on any atom is 0.410 e. The Hall–Kier alpha value is -1.82. The lowest BCUT2D eigenvalue weighted by Gasteiger charge is -2.34. The number of amides is 1. The van der Waals surface area contributed by atoms with E-state index in [0.717, 1.165) is 24.9 Å². The minimum absolute atomic E-state index is 0.224. The van der Waals surface area contributed by atoms with E-state index >= 15 is 0 Å². The topological polar surface area (TPSA) is 59.7 Å². The zero-order chi connectivity index (χ0) is 16.6. The number of piperidine rings is 1. The average molecular weight is 337 g/mol. The second-order valence-corrected chi connectivity index (χ2v) is 7.32. The summed E-state index contributed by atoms with van der Waals surface area (Å²) in [6.07, 6.45) is 5.12. The molecule has 7 heteroatoms. The van der Waals surface area contributed by atoms with Crippen molar-refractivity contribution in [1.29, 1.82) is 0 Å². The van der Waals surface area contributed by atoms with Gasteiger partial charge in [-0.15, -0.1) is 0 Å². The predicted octanol–water partition coefficient (Wildman–Crippen LogP) is 3.50. The van der Waals surface area contributed by atoms with Gasteiger partial charge in [0.15, 0.2) is 5.65 Å². The number of hydrogen-bond acceptors (Lipinski definition) is 4. The van der Waals surface area contributed by atoms with Crippen LogP contribution in [0.5, 0.6) is 0 Å². The van der Waals surface area contributed by atoms with Crippen LogP contribution in [0, 0.1) is 0 Å². The molecule has 23 heavy (non-hydrogen) atoms. The van der Waals surface area contributed by atoms with Gasteiger partial charge in [-0.05, 0) is 45.2 Å². The second kappa shape index (κ2) is 6.00. The summed E-state index contributed by atoms with van der Waals surface area (Å²) < 4.78 is 7.16. The summed E-state index contributed by atoms with van der Waals surface area (Å²) in [5.41, 5.74) is 1.24. The van der Waals surface area contributed by atoms with Gasteiger partial charge < -0.3 is 9.64 Å². The third-order valence-corrected chi connectivity index (χ3v) is 4.17. The van der Waals surface area contributed by atoms with Crippen LogP contribution in [0.4, 0.5) is 4.79 Å². The monoisotopic (exact) mass is 336 g/mol. The van der Waals surface area contributed by atoms with E-state index < -0.39 is 5.60 Å². The molecule has 1 aliphatic rings. The minimum Gasteiger partial charge on any atom is -0.444 e. The molecule has 1 atom stereocenters. The van der Waals surface area contributed by atoms with E-state index in [9.17, 15) is 4.79 Å². The molecule has 2 aromatic heterocycles. The van der Waals surface area contributed by atoms with Crippen LogP contribution in [0.1, 0.15) is 45.1 Å². The van der Waals surface area contributed by atoms with Crippen LogP contribution in [-0.4, -0.2) is 44.3 Å². The van der Waals surface area contributed by atoms with Gasteiger partial charge in [0.05, 0.1) is 5.02 Å². The molecule has 124 valence electrons. The first-order valence-corrected chi connectivity index (χ1v) is 8.18. The lowest BCUT2D eigenvalue weighted by atomic mass is 9.92. The Morgan fingerprint density at radius 3 is 2.96 bits per heavy atom. The molecule has 0 bridgehead atoms. The van der Waals surface area contributed by atoms with Crippen LogP contribution in [0.3, 0.4) is 0 Å². The second-order valence-electron chi connectivity index (χ2n) is 6.92. The molecule has 1 aliphatic heterocycles. The molecule has 0 spiro atoms. The molecule has 3 heterocycles. The van der Waals surface area contributed by atoms with Crippen molar-refractivity contribution in [3.8, 4) is 0 Å². The van der Waals surface area contributed by atoms with Gasteiger partial charge in [0, 0.05) is 25.2 Å². The van der Waals surface area contributed by atoms with E-state index in [-0.39, 0.29) is 12.0 Å². The fourth-order valence-electron chi connectivity index (χ4n) is 2.87. The summed E-state index contributed by atoms with van der Waals surface area (Å²) in [5, 5.41) is 4.73. The summed E-state index contributed by atoms with van der Waals surface area (Å²) in [7, 11) is 0. The van der Waals surface area contributed by atoms with E-state index in [2.05, 4.69) is 10.1 Å². The SMILES string of the molecule is CC(C)(C)OC(=O)N1CCCC(c2cc(Cl)c3ncnn3c2)C1. The number of rotatable bonds is 1. The van der Waals surface area contributed by atoms with Crippen molar-refractivity contribution in [2.45, 2.75) is 45.1 Å². The molecule has 0 aromatic carbocycles. The maximum absolute atomic E-state index is 12.3. The molecule has 0 aliphatic carbocycles. The zero-order valence-electron chi connectivity index (χ0n) is 13.6. The Kier molecular flexibility index (Phi) is 4.19. The standard InChI is InChI=1S/C16H21ClN4O2/c1-16(2,3)23-15(22)20-6-4-5-11(8-20)12-7-13(17)14-18-10-19-21(14)9-12/h7,9-11H,4-6,8H2,1-3H3. The largest absolute Gasteiger partial charge is 0.444 e. The van der Waals surface area contributed by atoms with Gasteiger partial charge in [0.25, 0.3) is 0 Å². The lowest BCUT2D eigenvalue weighted by molar-refractivity contribution is 0.0198. The number of ether oxygens (including phenoxy) is 1. The Morgan fingerprint density at radius 1 is 1.43 bits per heavy atom. The molecule has 1 unspecified atom stereocenters. The van der Waals surface area contributed by atoms with Gasteiger partial charge in [-0.2, -0.15) is 5.10 Å². The molecule has 1 fully saturated rings. The number of hydrogen-bond donors (Lipinski definition) is 0. The highest BCUT2D eigenvalue weighted by atomic mass is 35.5. The zero-order valence-corrected chi connectivity index (χ0v) is 14.4. The number of aromatic nitrogens is 3. The highest BCUT2D eigenvalue weighted by Gasteiger charge is 2.28. The quantitative estimate of drug-likeness (QED) is 0.799. The normalized spacial score (nSPS) is 19.1. The first-order chi connectivity index (χ1) is 10.8. The Labute approximate surface area is 140 Å². The van der Waals surface area contributed by atoms with Gasteiger partial charge in [0.2, 0.25) is 0 Å². The molecule has 0 saturated carbocycles. The number of pyridine rings is 1. The average Bonchev–Trinajstić information content (AvgIpc) is 2.94. The third kappa shape index (κ3) is 3.58. The first kappa shape index (κ1) is 16.1. The van der Waals surface area contributed by atoms with Crippen molar-refractivity contribution in [1.82, 2.24) is 19.5 Å². The summed E-state index contributed by atoms with van der Waals surface area (Å²) in [5.74, 6) is 0.224. The van der Waals surface area contributed by atoms with Gasteiger partial charge in [0.1, 0.15) is 11.9 Å². The number of fused-ring (bicyclic) bond motifs is 1. The fraction of sp³-hybridized carbons (Fsp3) is 0.562. The molecule has 1 saturated heterocycles. The van der Waals surface area contributed by atoms with Crippen molar-refractivity contribution in [2.75, 3.05) is 13.1 Å². The lowest BCUT2D eigenvalue weighted by Crippen LogP contribution is -2.42. The van der Waals surface area contributed by atoms with Crippen molar-refractivity contribution in [2.24, 2.45) is 0 Å². The summed E-state index contributed by atoms with van der Waals surface area (Å²) in [6.45, 7) is 7.00. The van der Waals surface area contributed by atoms with Crippen LogP contribution < -0.4 is 0 Å². The highest BCUT2D eigenvalue weighted by Crippen LogP contribution is 2.30. The predicted molar refractivity (Wildman–Crippen MR) is 87.8 cm³/mol. The number of nitrogens with zero attached hydrogens (tertiary/aromatic N) is 4. The van der Waals surface area contributed by atoms with Crippen molar-refractivity contribution >= 4 is 23.3 Å². The number of likely N-dealkylation sites (tertiary alicyclic amines) is 1. The Morgan fingerprint density at radius 2 is 2.22 bits per heavy atom. The van der Waals surface area contributed by atoms with E-state index in [0.29, 0.717) is 17.2 Å². The number of halogens is 1. The van der Waals surface area contributed by atoms with Gasteiger partial charge >= 0.3 is 6.09 Å². The minimum atomic E-state index is -0.479. The molecule has 0 radical (unpaired) electrons. The van der Waals surface area contributed by atoms with Crippen molar-refractivity contribution in [3.63, 3.8) is 0 Å². The van der Waals surface area contributed by atoms with Crippen LogP contribution in [0.15, 0.2) is 18.6 Å². The molecule has 3 rings (SSSR count).